The Hall–Kier alpha value is -0.900. The van der Waals surface area contributed by atoms with Gasteiger partial charge < -0.3 is 5.11 Å². The number of thiazole rings is 1. The Bertz CT molecular complexity index is 341. The van der Waals surface area contributed by atoms with Crippen molar-refractivity contribution >= 4 is 17.3 Å². The van der Waals surface area contributed by atoms with Crippen LogP contribution < -0.4 is 0 Å². The Balaban J connectivity index is 2.18. The van der Waals surface area contributed by atoms with Crippen LogP contribution in [0, 0.1) is 12.8 Å². The number of nitrogens with zero attached hydrogens (tertiary/aromatic N) is 1. The van der Waals surface area contributed by atoms with Crippen LogP contribution in [0.2, 0.25) is 0 Å². The van der Waals surface area contributed by atoms with Gasteiger partial charge in [-0.25, -0.2) is 9.78 Å². The summed E-state index contributed by atoms with van der Waals surface area (Å²) in [5.41, 5.74) is 0.660. The van der Waals surface area contributed by atoms with Crippen molar-refractivity contribution in [2.45, 2.75) is 26.2 Å². The third-order valence-electron chi connectivity index (χ3n) is 2.20. The molecule has 1 saturated carbocycles. The van der Waals surface area contributed by atoms with Crippen molar-refractivity contribution in [1.82, 2.24) is 4.98 Å². The number of carboxylic acid groups (broad SMARTS) is 1. The molecule has 0 atom stereocenters. The summed E-state index contributed by atoms with van der Waals surface area (Å²) >= 11 is 1.33. The molecule has 2 rings (SSSR count). The van der Waals surface area contributed by atoms with E-state index in [1.165, 1.54) is 24.2 Å². The van der Waals surface area contributed by atoms with Gasteiger partial charge in [-0.15, -0.1) is 11.3 Å². The maximum absolute atomic E-state index is 10.7. The lowest BCUT2D eigenvalue weighted by molar-refractivity contribution is 0.0701. The largest absolute Gasteiger partial charge is 0.477 e. The van der Waals surface area contributed by atoms with Crippen LogP contribution in [0.1, 0.15) is 33.2 Å². The number of rotatable bonds is 3. The van der Waals surface area contributed by atoms with Crippen molar-refractivity contribution < 1.29 is 9.90 Å². The number of aromatic nitrogens is 1. The summed E-state index contributed by atoms with van der Waals surface area (Å²) in [6.07, 6.45) is 3.53. The lowest BCUT2D eigenvalue weighted by Crippen LogP contribution is -1.94. The SMILES string of the molecule is Cc1nc(CC2CC2)sc1C(=O)O. The monoisotopic (exact) mass is 197 g/mol. The predicted molar refractivity (Wildman–Crippen MR) is 50.2 cm³/mol. The van der Waals surface area contributed by atoms with E-state index in [4.69, 9.17) is 5.11 Å². The van der Waals surface area contributed by atoms with E-state index in [0.29, 0.717) is 10.6 Å². The Morgan fingerprint density at radius 3 is 2.85 bits per heavy atom. The van der Waals surface area contributed by atoms with Gasteiger partial charge in [0.25, 0.3) is 0 Å². The molecule has 0 amide bonds. The van der Waals surface area contributed by atoms with E-state index in [0.717, 1.165) is 17.3 Å². The van der Waals surface area contributed by atoms with Gasteiger partial charge >= 0.3 is 5.97 Å². The highest BCUT2D eigenvalue weighted by molar-refractivity contribution is 7.13. The minimum Gasteiger partial charge on any atom is -0.477 e. The molecular formula is C9H11NO2S. The summed E-state index contributed by atoms with van der Waals surface area (Å²) < 4.78 is 0. The first kappa shape index (κ1) is 8.69. The minimum atomic E-state index is -0.850. The Morgan fingerprint density at radius 1 is 1.69 bits per heavy atom. The molecule has 0 radical (unpaired) electrons. The molecule has 1 N–H and O–H groups in total. The Labute approximate surface area is 80.4 Å². The molecule has 1 aromatic rings. The second-order valence-corrected chi connectivity index (χ2v) is 4.56. The smallest absolute Gasteiger partial charge is 0.347 e. The van der Waals surface area contributed by atoms with Gasteiger partial charge in [0.2, 0.25) is 0 Å². The van der Waals surface area contributed by atoms with E-state index in [1.807, 2.05) is 0 Å². The van der Waals surface area contributed by atoms with Gasteiger partial charge in [-0.3, -0.25) is 0 Å². The zero-order valence-corrected chi connectivity index (χ0v) is 8.23. The molecule has 1 aliphatic rings. The summed E-state index contributed by atoms with van der Waals surface area (Å²) in [5, 5.41) is 9.78. The molecule has 4 heteroatoms. The van der Waals surface area contributed by atoms with Crippen molar-refractivity contribution in [1.29, 1.82) is 0 Å². The maximum atomic E-state index is 10.7. The number of hydrogen-bond acceptors (Lipinski definition) is 3. The fourth-order valence-corrected chi connectivity index (χ4v) is 2.32. The molecule has 0 unspecified atom stereocenters. The number of aromatic carboxylic acids is 1. The van der Waals surface area contributed by atoms with Crippen molar-refractivity contribution in [3.63, 3.8) is 0 Å². The topological polar surface area (TPSA) is 50.2 Å². The Morgan fingerprint density at radius 2 is 2.38 bits per heavy atom. The molecular weight excluding hydrogens is 186 g/mol. The first-order valence-corrected chi connectivity index (χ1v) is 5.18. The molecule has 0 spiro atoms. The summed E-state index contributed by atoms with van der Waals surface area (Å²) in [5.74, 6) is -0.0794. The number of aryl methyl sites for hydroxylation is 1. The van der Waals surface area contributed by atoms with Gasteiger partial charge in [0, 0.05) is 6.42 Å². The minimum absolute atomic E-state index is 0.399. The van der Waals surface area contributed by atoms with E-state index in [2.05, 4.69) is 4.98 Å². The van der Waals surface area contributed by atoms with Crippen molar-refractivity contribution in [2.75, 3.05) is 0 Å². The lowest BCUT2D eigenvalue weighted by atomic mass is 10.3. The van der Waals surface area contributed by atoms with Gasteiger partial charge in [-0.05, 0) is 25.7 Å². The van der Waals surface area contributed by atoms with E-state index in [-0.39, 0.29) is 0 Å². The van der Waals surface area contributed by atoms with Crippen molar-refractivity contribution in [3.8, 4) is 0 Å². The lowest BCUT2D eigenvalue weighted by Gasteiger charge is -1.88. The van der Waals surface area contributed by atoms with Gasteiger partial charge in [0.15, 0.2) is 0 Å². The molecule has 13 heavy (non-hydrogen) atoms. The zero-order valence-electron chi connectivity index (χ0n) is 7.41. The molecule has 0 aromatic carbocycles. The second kappa shape index (κ2) is 3.10. The predicted octanol–water partition coefficient (Wildman–Crippen LogP) is 2.10. The van der Waals surface area contributed by atoms with Crippen LogP contribution in [0.15, 0.2) is 0 Å². The van der Waals surface area contributed by atoms with Gasteiger partial charge in [-0.1, -0.05) is 0 Å². The molecule has 1 fully saturated rings. The van der Waals surface area contributed by atoms with Crippen LogP contribution in [0.5, 0.6) is 0 Å². The molecule has 1 aliphatic carbocycles. The molecule has 1 heterocycles. The van der Waals surface area contributed by atoms with Gasteiger partial charge in [0.05, 0.1) is 10.7 Å². The number of hydrogen-bond donors (Lipinski definition) is 1. The van der Waals surface area contributed by atoms with Gasteiger partial charge in [0.1, 0.15) is 4.88 Å². The Kier molecular flexibility index (Phi) is 2.07. The van der Waals surface area contributed by atoms with E-state index < -0.39 is 5.97 Å². The number of carbonyl (C=O) groups is 1. The molecule has 0 aliphatic heterocycles. The van der Waals surface area contributed by atoms with E-state index in [1.54, 1.807) is 6.92 Å². The molecule has 70 valence electrons. The van der Waals surface area contributed by atoms with Gasteiger partial charge in [-0.2, -0.15) is 0 Å². The van der Waals surface area contributed by atoms with E-state index >= 15 is 0 Å². The normalized spacial score (nSPS) is 16.1. The summed E-state index contributed by atoms with van der Waals surface area (Å²) in [6, 6.07) is 0. The maximum Gasteiger partial charge on any atom is 0.347 e. The average molecular weight is 197 g/mol. The highest BCUT2D eigenvalue weighted by Gasteiger charge is 2.24. The molecule has 1 aromatic heterocycles. The average Bonchev–Trinajstić information content (AvgIpc) is 2.75. The summed E-state index contributed by atoms with van der Waals surface area (Å²) in [4.78, 5) is 15.4. The van der Waals surface area contributed by atoms with Crippen LogP contribution in [0.25, 0.3) is 0 Å². The third kappa shape index (κ3) is 1.88. The van der Waals surface area contributed by atoms with Crippen LogP contribution in [-0.4, -0.2) is 16.1 Å². The van der Waals surface area contributed by atoms with E-state index in [9.17, 15) is 4.79 Å². The van der Waals surface area contributed by atoms with Crippen molar-refractivity contribution in [2.24, 2.45) is 5.92 Å². The van der Waals surface area contributed by atoms with Crippen LogP contribution >= 0.6 is 11.3 Å². The fraction of sp³-hybridized carbons (Fsp3) is 0.556. The molecule has 0 saturated heterocycles. The quantitative estimate of drug-likeness (QED) is 0.807. The van der Waals surface area contributed by atoms with Crippen LogP contribution in [-0.2, 0) is 6.42 Å². The second-order valence-electron chi connectivity index (χ2n) is 3.47. The fourth-order valence-electron chi connectivity index (χ4n) is 1.31. The molecule has 3 nitrogen and oxygen atoms in total. The highest BCUT2D eigenvalue weighted by atomic mass is 32.1. The highest BCUT2D eigenvalue weighted by Crippen LogP contribution is 2.34. The zero-order chi connectivity index (χ0) is 9.42. The summed E-state index contributed by atoms with van der Waals surface area (Å²) in [6.45, 7) is 1.76. The molecule has 0 bridgehead atoms. The first-order chi connectivity index (χ1) is 6.16. The number of carboxylic acids is 1. The standard InChI is InChI=1S/C9H11NO2S/c1-5-8(9(11)12)13-7(10-5)4-6-2-3-6/h6H,2-4H2,1H3,(H,11,12). The van der Waals surface area contributed by atoms with Crippen LogP contribution in [0.3, 0.4) is 0 Å². The van der Waals surface area contributed by atoms with Crippen molar-refractivity contribution in [3.05, 3.63) is 15.6 Å². The van der Waals surface area contributed by atoms with Crippen LogP contribution in [0.4, 0.5) is 0 Å². The first-order valence-electron chi connectivity index (χ1n) is 4.36. The summed E-state index contributed by atoms with van der Waals surface area (Å²) in [7, 11) is 0. The third-order valence-corrected chi connectivity index (χ3v) is 3.36.